The van der Waals surface area contributed by atoms with Crippen molar-refractivity contribution < 1.29 is 9.59 Å². The van der Waals surface area contributed by atoms with Crippen LogP contribution in [-0.4, -0.2) is 59.7 Å². The number of amides is 1. The molecule has 0 unspecified atom stereocenters. The maximum absolute atomic E-state index is 12.4. The number of aromatic amines is 1. The van der Waals surface area contributed by atoms with Crippen molar-refractivity contribution in [2.24, 2.45) is 0 Å². The van der Waals surface area contributed by atoms with Crippen LogP contribution in [0.5, 0.6) is 0 Å². The maximum atomic E-state index is 12.4. The number of nitrogens with zero attached hydrogens (tertiary/aromatic N) is 2. The van der Waals surface area contributed by atoms with Crippen LogP contribution in [0.25, 0.3) is 0 Å². The number of carbonyl (C=O) groups is 2. The third-order valence-electron chi connectivity index (χ3n) is 4.05. The number of Topliss-reactive ketones (excluding diaryl/α,β-unsaturated/α-hetero) is 1. The lowest BCUT2D eigenvalue weighted by Crippen LogP contribution is -2.47. The first-order valence-corrected chi connectivity index (χ1v) is 6.84. The van der Waals surface area contributed by atoms with E-state index in [1.807, 2.05) is 11.0 Å². The van der Waals surface area contributed by atoms with Gasteiger partial charge in [-0.1, -0.05) is 0 Å². The molecule has 1 aromatic heterocycles. The summed E-state index contributed by atoms with van der Waals surface area (Å²) in [5, 5.41) is 0. The van der Waals surface area contributed by atoms with E-state index in [0.29, 0.717) is 18.5 Å². The van der Waals surface area contributed by atoms with Crippen LogP contribution in [-0.2, 0) is 17.6 Å². The quantitative estimate of drug-likeness (QED) is 0.799. The Kier molecular flexibility index (Phi) is 3.14. The number of hydrogen-bond acceptors (Lipinski definition) is 3. The Hall–Kier alpha value is -1.62. The van der Waals surface area contributed by atoms with Crippen LogP contribution in [0.1, 0.15) is 28.2 Å². The Morgan fingerprint density at radius 1 is 1.21 bits per heavy atom. The van der Waals surface area contributed by atoms with Crippen LogP contribution >= 0.6 is 0 Å². The van der Waals surface area contributed by atoms with Crippen molar-refractivity contribution in [3.63, 3.8) is 0 Å². The number of ketones is 1. The lowest BCUT2D eigenvalue weighted by atomic mass is 9.97. The monoisotopic (exact) mass is 261 g/mol. The molecule has 0 saturated carbocycles. The van der Waals surface area contributed by atoms with Crippen molar-refractivity contribution in [2.75, 3.05) is 33.2 Å². The molecule has 0 spiro atoms. The number of piperazine rings is 1. The Morgan fingerprint density at radius 2 is 1.95 bits per heavy atom. The van der Waals surface area contributed by atoms with Gasteiger partial charge in [-0.15, -0.1) is 0 Å². The predicted octanol–water partition coefficient (Wildman–Crippen LogP) is 0.460. The van der Waals surface area contributed by atoms with E-state index >= 15 is 0 Å². The normalized spacial score (nSPS) is 20.5. The van der Waals surface area contributed by atoms with Crippen molar-refractivity contribution in [2.45, 2.75) is 19.3 Å². The second-order valence-electron chi connectivity index (χ2n) is 5.50. The minimum Gasteiger partial charge on any atom is -0.354 e. The Morgan fingerprint density at radius 3 is 2.68 bits per heavy atom. The summed E-state index contributed by atoms with van der Waals surface area (Å²) in [6, 6.07) is 1.87. The first kappa shape index (κ1) is 12.4. The maximum Gasteiger partial charge on any atom is 0.270 e. The first-order chi connectivity index (χ1) is 9.13. The fourth-order valence-electron chi connectivity index (χ4n) is 2.78. The summed E-state index contributed by atoms with van der Waals surface area (Å²) in [7, 11) is 2.07. The number of aromatic nitrogens is 1. The first-order valence-electron chi connectivity index (χ1n) is 6.84. The molecule has 1 saturated heterocycles. The number of carbonyl (C=O) groups excluding carboxylic acids is 2. The van der Waals surface area contributed by atoms with Crippen molar-refractivity contribution in [3.8, 4) is 0 Å². The van der Waals surface area contributed by atoms with Crippen LogP contribution in [0.15, 0.2) is 6.07 Å². The van der Waals surface area contributed by atoms with Gasteiger partial charge in [-0.25, -0.2) is 0 Å². The molecule has 1 aliphatic carbocycles. The highest BCUT2D eigenvalue weighted by Gasteiger charge is 2.24. The lowest BCUT2D eigenvalue weighted by Gasteiger charge is -2.32. The topological polar surface area (TPSA) is 56.4 Å². The minimum absolute atomic E-state index is 0.0648. The molecular formula is C14H19N3O2. The molecule has 0 aromatic carbocycles. The largest absolute Gasteiger partial charge is 0.354 e. The molecule has 5 nitrogen and oxygen atoms in total. The van der Waals surface area contributed by atoms with Crippen molar-refractivity contribution in [3.05, 3.63) is 23.0 Å². The van der Waals surface area contributed by atoms with Crippen LogP contribution in [0.4, 0.5) is 0 Å². The molecule has 5 heteroatoms. The summed E-state index contributed by atoms with van der Waals surface area (Å²) in [5.41, 5.74) is 2.72. The standard InChI is InChI=1S/C14H19N3O2/c1-16-4-6-17(7-5-16)14(19)13-9-10-8-11(18)2-3-12(10)15-13/h9,15H,2-8H2,1H3. The summed E-state index contributed by atoms with van der Waals surface area (Å²) in [4.78, 5) is 31.1. The van der Waals surface area contributed by atoms with E-state index < -0.39 is 0 Å². The van der Waals surface area contributed by atoms with Gasteiger partial charge in [0, 0.05) is 44.7 Å². The molecule has 3 rings (SSSR count). The third kappa shape index (κ3) is 2.42. The molecule has 1 aromatic rings. The zero-order valence-electron chi connectivity index (χ0n) is 11.2. The van der Waals surface area contributed by atoms with Gasteiger partial charge in [-0.2, -0.15) is 0 Å². The highest BCUT2D eigenvalue weighted by Crippen LogP contribution is 2.21. The van der Waals surface area contributed by atoms with Crippen molar-refractivity contribution >= 4 is 11.7 Å². The second kappa shape index (κ2) is 4.81. The fraction of sp³-hybridized carbons (Fsp3) is 0.571. The number of nitrogens with one attached hydrogen (secondary N) is 1. The molecule has 2 aliphatic rings. The van der Waals surface area contributed by atoms with E-state index in [1.165, 1.54) is 0 Å². The predicted molar refractivity (Wildman–Crippen MR) is 71.2 cm³/mol. The van der Waals surface area contributed by atoms with Gasteiger partial charge in [0.15, 0.2) is 0 Å². The molecule has 0 bridgehead atoms. The van der Waals surface area contributed by atoms with Crippen molar-refractivity contribution in [1.82, 2.24) is 14.8 Å². The highest BCUT2D eigenvalue weighted by molar-refractivity contribution is 5.94. The number of fused-ring (bicyclic) bond motifs is 1. The molecule has 19 heavy (non-hydrogen) atoms. The Balaban J connectivity index is 1.75. The molecule has 102 valence electrons. The summed E-state index contributed by atoms with van der Waals surface area (Å²) in [5.74, 6) is 0.333. The second-order valence-corrected chi connectivity index (χ2v) is 5.50. The molecule has 1 amide bonds. The fourth-order valence-corrected chi connectivity index (χ4v) is 2.78. The van der Waals surface area contributed by atoms with Gasteiger partial charge in [0.05, 0.1) is 0 Å². The van der Waals surface area contributed by atoms with Gasteiger partial charge in [0.25, 0.3) is 5.91 Å². The van der Waals surface area contributed by atoms with Crippen LogP contribution in [0.3, 0.4) is 0 Å². The highest BCUT2D eigenvalue weighted by atomic mass is 16.2. The number of rotatable bonds is 1. The van der Waals surface area contributed by atoms with Gasteiger partial charge in [-0.05, 0) is 25.1 Å². The third-order valence-corrected chi connectivity index (χ3v) is 4.05. The summed E-state index contributed by atoms with van der Waals surface area (Å²) in [6.45, 7) is 3.39. The van der Waals surface area contributed by atoms with E-state index in [1.54, 1.807) is 0 Å². The van der Waals surface area contributed by atoms with Gasteiger partial charge in [0.1, 0.15) is 11.5 Å². The molecule has 1 fully saturated rings. The zero-order valence-corrected chi connectivity index (χ0v) is 11.2. The number of H-pyrrole nitrogens is 1. The summed E-state index contributed by atoms with van der Waals surface area (Å²) < 4.78 is 0. The summed E-state index contributed by atoms with van der Waals surface area (Å²) >= 11 is 0. The van der Waals surface area contributed by atoms with Crippen molar-refractivity contribution in [1.29, 1.82) is 0 Å². The van der Waals surface area contributed by atoms with Gasteiger partial charge >= 0.3 is 0 Å². The number of likely N-dealkylation sites (N-methyl/N-ethyl adjacent to an activating group) is 1. The Labute approximate surface area is 112 Å². The lowest BCUT2D eigenvalue weighted by molar-refractivity contribution is -0.118. The van der Waals surface area contributed by atoms with Gasteiger partial charge < -0.3 is 14.8 Å². The van der Waals surface area contributed by atoms with E-state index in [-0.39, 0.29) is 11.7 Å². The van der Waals surface area contributed by atoms with Crippen LogP contribution in [0, 0.1) is 0 Å². The number of aryl methyl sites for hydroxylation is 1. The molecule has 1 N–H and O–H groups in total. The molecule has 1 aliphatic heterocycles. The van der Waals surface area contributed by atoms with Gasteiger partial charge in [-0.3, -0.25) is 9.59 Å². The van der Waals surface area contributed by atoms with E-state index in [9.17, 15) is 9.59 Å². The van der Waals surface area contributed by atoms with Crippen LogP contribution in [0.2, 0.25) is 0 Å². The Bertz CT molecular complexity index is 513. The minimum atomic E-state index is 0.0648. The molecule has 0 radical (unpaired) electrons. The summed E-state index contributed by atoms with van der Waals surface area (Å²) in [6.07, 6.45) is 1.81. The van der Waals surface area contributed by atoms with Gasteiger partial charge in [0.2, 0.25) is 0 Å². The molecule has 2 heterocycles. The SMILES string of the molecule is CN1CCN(C(=O)c2cc3c([nH]2)CCC(=O)C3)CC1. The number of hydrogen-bond donors (Lipinski definition) is 1. The smallest absolute Gasteiger partial charge is 0.270 e. The van der Waals surface area contributed by atoms with E-state index in [2.05, 4.69) is 16.9 Å². The van der Waals surface area contributed by atoms with E-state index in [0.717, 1.165) is 43.9 Å². The zero-order chi connectivity index (χ0) is 13.4. The molecular weight excluding hydrogens is 242 g/mol. The molecule has 0 atom stereocenters. The van der Waals surface area contributed by atoms with E-state index in [4.69, 9.17) is 0 Å². The average Bonchev–Trinajstić information content (AvgIpc) is 2.81. The van der Waals surface area contributed by atoms with Crippen LogP contribution < -0.4 is 0 Å². The average molecular weight is 261 g/mol.